The first-order chi connectivity index (χ1) is 13.1. The number of nitrogens with zero attached hydrogens (tertiary/aromatic N) is 4. The Hall–Kier alpha value is -2.29. The van der Waals surface area contributed by atoms with Crippen LogP contribution in [0.4, 0.5) is 5.69 Å². The van der Waals surface area contributed by atoms with Crippen LogP contribution in [0.5, 0.6) is 0 Å². The van der Waals surface area contributed by atoms with Gasteiger partial charge in [-0.15, -0.1) is 0 Å². The summed E-state index contributed by atoms with van der Waals surface area (Å²) in [6.07, 6.45) is 2.67. The fraction of sp³-hybridized carbons (Fsp3) is 0.316. The van der Waals surface area contributed by atoms with Gasteiger partial charge in [0.1, 0.15) is 5.65 Å². The van der Waals surface area contributed by atoms with Crippen molar-refractivity contribution in [1.29, 1.82) is 0 Å². The van der Waals surface area contributed by atoms with Crippen LogP contribution in [0.2, 0.25) is 0 Å². The van der Waals surface area contributed by atoms with Crippen LogP contribution < -0.4 is 5.32 Å². The summed E-state index contributed by atoms with van der Waals surface area (Å²) < 4.78 is 2.87. The van der Waals surface area contributed by atoms with E-state index < -0.39 is 0 Å². The topological polar surface area (TPSA) is 75.7 Å². The molecule has 1 N–H and O–H groups in total. The number of imidazole rings is 1. The number of pyridine rings is 1. The molecule has 0 radical (unpaired) electrons. The predicted octanol–water partition coefficient (Wildman–Crippen LogP) is 3.47. The first kappa shape index (κ1) is 18.1. The number of halogens is 1. The molecule has 2 aromatic heterocycles. The van der Waals surface area contributed by atoms with Gasteiger partial charge >= 0.3 is 0 Å². The summed E-state index contributed by atoms with van der Waals surface area (Å²) >= 11 is 3.47. The van der Waals surface area contributed by atoms with Crippen molar-refractivity contribution >= 4 is 27.3 Å². The minimum absolute atomic E-state index is 0.0704. The zero-order valence-corrected chi connectivity index (χ0v) is 16.4. The van der Waals surface area contributed by atoms with Gasteiger partial charge in [-0.25, -0.2) is 4.98 Å². The molecule has 3 aromatic rings. The number of hydrogen-bond donors (Lipinski definition) is 1. The summed E-state index contributed by atoms with van der Waals surface area (Å²) in [7, 11) is 0. The molecule has 0 atom stereocenters. The van der Waals surface area contributed by atoms with Crippen LogP contribution in [0, 0.1) is 10.1 Å². The molecule has 1 fully saturated rings. The van der Waals surface area contributed by atoms with Gasteiger partial charge in [0.25, 0.3) is 5.69 Å². The average Bonchev–Trinajstić information content (AvgIpc) is 2.83. The number of aromatic nitrogens is 2. The molecule has 3 heterocycles. The molecule has 27 heavy (non-hydrogen) atoms. The van der Waals surface area contributed by atoms with E-state index in [4.69, 9.17) is 4.98 Å². The number of hydrogen-bond acceptors (Lipinski definition) is 5. The molecule has 4 rings (SSSR count). The van der Waals surface area contributed by atoms with Gasteiger partial charge in [0.05, 0.1) is 22.5 Å². The number of benzene rings is 1. The van der Waals surface area contributed by atoms with Crippen molar-refractivity contribution in [3.63, 3.8) is 0 Å². The van der Waals surface area contributed by atoms with E-state index in [0.717, 1.165) is 59.7 Å². The summed E-state index contributed by atoms with van der Waals surface area (Å²) in [4.78, 5) is 18.1. The van der Waals surface area contributed by atoms with Crippen molar-refractivity contribution < 1.29 is 4.92 Å². The maximum Gasteiger partial charge on any atom is 0.286 e. The van der Waals surface area contributed by atoms with Crippen LogP contribution in [0.1, 0.15) is 12.1 Å². The number of nitrogens with one attached hydrogen (secondary N) is 1. The highest BCUT2D eigenvalue weighted by Crippen LogP contribution is 2.28. The normalized spacial score (nSPS) is 15.7. The van der Waals surface area contributed by atoms with Crippen LogP contribution in [0.15, 0.2) is 47.1 Å². The molecule has 0 spiro atoms. The van der Waals surface area contributed by atoms with E-state index in [0.29, 0.717) is 6.54 Å². The standard InChI is InChI=1S/C19H20BrN5O2/c20-15-4-2-14(3-5-15)19-17(13-23-10-1-8-21-9-11-23)24-12-16(25(26)27)6-7-18(24)22-19/h2-7,12,21H,1,8-11,13H2. The third-order valence-corrected chi connectivity index (χ3v) is 5.37. The Morgan fingerprint density at radius 1 is 1.15 bits per heavy atom. The zero-order valence-electron chi connectivity index (χ0n) is 14.8. The van der Waals surface area contributed by atoms with E-state index in [9.17, 15) is 10.1 Å². The minimum Gasteiger partial charge on any atom is -0.315 e. The van der Waals surface area contributed by atoms with Gasteiger partial charge in [0, 0.05) is 35.7 Å². The maximum atomic E-state index is 11.3. The molecule has 7 nitrogen and oxygen atoms in total. The van der Waals surface area contributed by atoms with Gasteiger partial charge in [0.15, 0.2) is 0 Å². The molecular formula is C19H20BrN5O2. The van der Waals surface area contributed by atoms with E-state index in [2.05, 4.69) is 26.1 Å². The van der Waals surface area contributed by atoms with Gasteiger partial charge in [-0.1, -0.05) is 28.1 Å². The second-order valence-electron chi connectivity index (χ2n) is 6.67. The van der Waals surface area contributed by atoms with Crippen molar-refractivity contribution in [2.24, 2.45) is 0 Å². The SMILES string of the molecule is O=[N+]([O-])c1ccc2nc(-c3ccc(Br)cc3)c(CN3CCCNCC3)n2c1. The largest absolute Gasteiger partial charge is 0.315 e. The number of nitro groups is 1. The molecule has 0 bridgehead atoms. The highest BCUT2D eigenvalue weighted by molar-refractivity contribution is 9.10. The van der Waals surface area contributed by atoms with E-state index in [1.54, 1.807) is 12.3 Å². The van der Waals surface area contributed by atoms with Crippen LogP contribution in [0.3, 0.4) is 0 Å². The lowest BCUT2D eigenvalue weighted by atomic mass is 10.1. The first-order valence-corrected chi connectivity index (χ1v) is 9.75. The second kappa shape index (κ2) is 7.75. The number of rotatable bonds is 4. The lowest BCUT2D eigenvalue weighted by molar-refractivity contribution is -0.385. The Kier molecular flexibility index (Phi) is 5.20. The Balaban J connectivity index is 1.82. The quantitative estimate of drug-likeness (QED) is 0.507. The van der Waals surface area contributed by atoms with E-state index >= 15 is 0 Å². The Morgan fingerprint density at radius 2 is 1.96 bits per heavy atom. The molecule has 1 aliphatic heterocycles. The van der Waals surface area contributed by atoms with E-state index in [1.165, 1.54) is 6.07 Å². The molecule has 0 unspecified atom stereocenters. The summed E-state index contributed by atoms with van der Waals surface area (Å²) in [5.74, 6) is 0. The lowest BCUT2D eigenvalue weighted by Gasteiger charge is -2.20. The lowest BCUT2D eigenvalue weighted by Crippen LogP contribution is -2.28. The predicted molar refractivity (Wildman–Crippen MR) is 108 cm³/mol. The molecular weight excluding hydrogens is 410 g/mol. The van der Waals surface area contributed by atoms with Crippen molar-refractivity contribution in [1.82, 2.24) is 19.6 Å². The van der Waals surface area contributed by atoms with Crippen molar-refractivity contribution in [2.75, 3.05) is 26.2 Å². The fourth-order valence-electron chi connectivity index (χ4n) is 3.45. The van der Waals surface area contributed by atoms with E-state index in [1.807, 2.05) is 28.7 Å². The molecule has 0 aliphatic carbocycles. The Morgan fingerprint density at radius 3 is 2.74 bits per heavy atom. The molecule has 0 amide bonds. The smallest absolute Gasteiger partial charge is 0.286 e. The summed E-state index contributed by atoms with van der Waals surface area (Å²) in [5.41, 5.74) is 3.66. The van der Waals surface area contributed by atoms with Crippen molar-refractivity contribution in [3.8, 4) is 11.3 Å². The van der Waals surface area contributed by atoms with Gasteiger partial charge < -0.3 is 5.32 Å². The summed E-state index contributed by atoms with van der Waals surface area (Å²) in [5, 5.41) is 14.7. The molecule has 1 saturated heterocycles. The van der Waals surface area contributed by atoms with Gasteiger partial charge in [-0.3, -0.25) is 19.4 Å². The first-order valence-electron chi connectivity index (χ1n) is 8.96. The minimum atomic E-state index is -0.363. The average molecular weight is 430 g/mol. The van der Waals surface area contributed by atoms with Crippen LogP contribution in [0.25, 0.3) is 16.9 Å². The van der Waals surface area contributed by atoms with Crippen LogP contribution in [-0.2, 0) is 6.54 Å². The van der Waals surface area contributed by atoms with Crippen molar-refractivity contribution in [2.45, 2.75) is 13.0 Å². The van der Waals surface area contributed by atoms with Gasteiger partial charge in [-0.05, 0) is 37.7 Å². The molecule has 0 saturated carbocycles. The second-order valence-corrected chi connectivity index (χ2v) is 7.58. The maximum absolute atomic E-state index is 11.3. The van der Waals surface area contributed by atoms with Crippen LogP contribution >= 0.6 is 15.9 Å². The monoisotopic (exact) mass is 429 g/mol. The zero-order chi connectivity index (χ0) is 18.8. The van der Waals surface area contributed by atoms with Gasteiger partial charge in [-0.2, -0.15) is 0 Å². The highest BCUT2D eigenvalue weighted by atomic mass is 79.9. The third kappa shape index (κ3) is 3.87. The Bertz CT molecular complexity index is 962. The summed E-state index contributed by atoms with van der Waals surface area (Å²) in [6, 6.07) is 11.2. The number of fused-ring (bicyclic) bond motifs is 1. The molecule has 1 aromatic carbocycles. The molecule has 140 valence electrons. The summed E-state index contributed by atoms with van der Waals surface area (Å²) in [6.45, 7) is 4.62. The van der Waals surface area contributed by atoms with Crippen molar-refractivity contribution in [3.05, 3.63) is 62.9 Å². The molecule has 8 heteroatoms. The third-order valence-electron chi connectivity index (χ3n) is 4.84. The Labute approximate surface area is 165 Å². The van der Waals surface area contributed by atoms with Gasteiger partial charge in [0.2, 0.25) is 0 Å². The molecule has 1 aliphatic rings. The fourth-order valence-corrected chi connectivity index (χ4v) is 3.72. The highest BCUT2D eigenvalue weighted by Gasteiger charge is 2.20. The van der Waals surface area contributed by atoms with E-state index in [-0.39, 0.29) is 10.6 Å². The van der Waals surface area contributed by atoms with Crippen LogP contribution in [-0.4, -0.2) is 45.4 Å².